The van der Waals surface area contributed by atoms with E-state index in [1.807, 2.05) is 0 Å². The highest BCUT2D eigenvalue weighted by Crippen LogP contribution is 2.14. The number of benzene rings is 1. The standard InChI is InChI=1S/C12H12BrNS/c13-8-12-14-11(9-15-12)7-6-10-4-2-1-3-5-10/h1-5,9H,6-8H2. The van der Waals surface area contributed by atoms with Gasteiger partial charge in [-0.3, -0.25) is 0 Å². The molecular weight excluding hydrogens is 270 g/mol. The zero-order valence-corrected chi connectivity index (χ0v) is 10.7. The van der Waals surface area contributed by atoms with Gasteiger partial charge in [-0.05, 0) is 18.4 Å². The van der Waals surface area contributed by atoms with E-state index in [9.17, 15) is 0 Å². The molecule has 0 atom stereocenters. The molecule has 1 aromatic heterocycles. The Bertz CT molecular complexity index is 411. The zero-order valence-electron chi connectivity index (χ0n) is 8.32. The van der Waals surface area contributed by atoms with Gasteiger partial charge in [0.25, 0.3) is 0 Å². The highest BCUT2D eigenvalue weighted by atomic mass is 79.9. The van der Waals surface area contributed by atoms with Crippen LogP contribution in [0.3, 0.4) is 0 Å². The molecule has 0 bridgehead atoms. The Hall–Kier alpha value is -0.670. The van der Waals surface area contributed by atoms with Crippen LogP contribution in [0.1, 0.15) is 16.3 Å². The first-order chi connectivity index (χ1) is 7.38. The Balaban J connectivity index is 1.93. The number of alkyl halides is 1. The molecule has 3 heteroatoms. The second-order valence-electron chi connectivity index (χ2n) is 3.35. The van der Waals surface area contributed by atoms with Gasteiger partial charge in [0, 0.05) is 5.38 Å². The molecule has 0 unspecified atom stereocenters. The predicted molar refractivity (Wildman–Crippen MR) is 68.6 cm³/mol. The maximum absolute atomic E-state index is 4.52. The Kier molecular flexibility index (Phi) is 3.92. The fraction of sp³-hybridized carbons (Fsp3) is 0.250. The number of aryl methyl sites for hydroxylation is 2. The lowest BCUT2D eigenvalue weighted by Crippen LogP contribution is -1.91. The van der Waals surface area contributed by atoms with E-state index in [4.69, 9.17) is 0 Å². The first kappa shape index (κ1) is 10.8. The van der Waals surface area contributed by atoms with E-state index in [1.54, 1.807) is 11.3 Å². The molecular formula is C12H12BrNS. The molecule has 0 saturated heterocycles. The third kappa shape index (κ3) is 3.14. The molecule has 0 N–H and O–H groups in total. The Labute approximate surface area is 102 Å². The van der Waals surface area contributed by atoms with E-state index < -0.39 is 0 Å². The van der Waals surface area contributed by atoms with Crippen molar-refractivity contribution in [2.75, 3.05) is 0 Å². The minimum atomic E-state index is 0.864. The summed E-state index contributed by atoms with van der Waals surface area (Å²) in [5.74, 6) is 0. The molecule has 0 aliphatic carbocycles. The summed E-state index contributed by atoms with van der Waals surface area (Å²) in [5, 5.41) is 4.18. The zero-order chi connectivity index (χ0) is 10.5. The van der Waals surface area contributed by atoms with Crippen LogP contribution in [0.5, 0.6) is 0 Å². The fourth-order valence-electron chi connectivity index (χ4n) is 1.44. The second kappa shape index (κ2) is 5.42. The minimum Gasteiger partial charge on any atom is -0.245 e. The molecule has 0 saturated carbocycles. The van der Waals surface area contributed by atoms with Crippen molar-refractivity contribution in [2.45, 2.75) is 18.2 Å². The van der Waals surface area contributed by atoms with Gasteiger partial charge >= 0.3 is 0 Å². The summed E-state index contributed by atoms with van der Waals surface area (Å²) in [7, 11) is 0. The largest absolute Gasteiger partial charge is 0.245 e. The van der Waals surface area contributed by atoms with Crippen molar-refractivity contribution >= 4 is 27.3 Å². The van der Waals surface area contributed by atoms with Gasteiger partial charge in [-0.1, -0.05) is 46.3 Å². The number of halogens is 1. The summed E-state index contributed by atoms with van der Waals surface area (Å²) in [6, 6.07) is 10.5. The van der Waals surface area contributed by atoms with Gasteiger partial charge < -0.3 is 0 Å². The normalized spacial score (nSPS) is 10.5. The summed E-state index contributed by atoms with van der Waals surface area (Å²) < 4.78 is 0. The van der Waals surface area contributed by atoms with Crippen LogP contribution in [0.2, 0.25) is 0 Å². The summed E-state index contributed by atoms with van der Waals surface area (Å²) in [5.41, 5.74) is 2.59. The van der Waals surface area contributed by atoms with Crippen molar-refractivity contribution in [3.63, 3.8) is 0 Å². The van der Waals surface area contributed by atoms with Crippen LogP contribution in [0.4, 0.5) is 0 Å². The topological polar surface area (TPSA) is 12.9 Å². The van der Waals surface area contributed by atoms with Gasteiger partial charge in [0.2, 0.25) is 0 Å². The minimum absolute atomic E-state index is 0.864. The Morgan fingerprint density at radius 3 is 2.60 bits per heavy atom. The van der Waals surface area contributed by atoms with Crippen LogP contribution < -0.4 is 0 Å². The van der Waals surface area contributed by atoms with Gasteiger partial charge in [-0.15, -0.1) is 11.3 Å². The van der Waals surface area contributed by atoms with Crippen molar-refractivity contribution in [1.29, 1.82) is 0 Å². The van der Waals surface area contributed by atoms with E-state index >= 15 is 0 Å². The van der Waals surface area contributed by atoms with Crippen molar-refractivity contribution < 1.29 is 0 Å². The summed E-state index contributed by atoms with van der Waals surface area (Å²) >= 11 is 5.14. The second-order valence-corrected chi connectivity index (χ2v) is 4.86. The summed E-state index contributed by atoms with van der Waals surface area (Å²) in [6.07, 6.45) is 2.11. The summed E-state index contributed by atoms with van der Waals surface area (Å²) in [4.78, 5) is 4.52. The van der Waals surface area contributed by atoms with E-state index in [1.165, 1.54) is 11.3 Å². The van der Waals surface area contributed by atoms with Crippen LogP contribution in [0.15, 0.2) is 35.7 Å². The SMILES string of the molecule is BrCc1nc(CCc2ccccc2)cs1. The molecule has 0 amide bonds. The molecule has 0 fully saturated rings. The molecule has 1 heterocycles. The maximum Gasteiger partial charge on any atom is 0.103 e. The highest BCUT2D eigenvalue weighted by Gasteiger charge is 2.00. The lowest BCUT2D eigenvalue weighted by molar-refractivity contribution is 0.919. The lowest BCUT2D eigenvalue weighted by Gasteiger charge is -1.97. The van der Waals surface area contributed by atoms with Crippen molar-refractivity contribution in [3.8, 4) is 0 Å². The quantitative estimate of drug-likeness (QED) is 0.777. The van der Waals surface area contributed by atoms with E-state index in [0.717, 1.165) is 23.2 Å². The van der Waals surface area contributed by atoms with E-state index in [0.29, 0.717) is 0 Å². The van der Waals surface area contributed by atoms with E-state index in [2.05, 4.69) is 56.6 Å². The van der Waals surface area contributed by atoms with Crippen LogP contribution >= 0.6 is 27.3 Å². The van der Waals surface area contributed by atoms with Gasteiger partial charge in [0.15, 0.2) is 0 Å². The van der Waals surface area contributed by atoms with Crippen LogP contribution in [0, 0.1) is 0 Å². The third-order valence-electron chi connectivity index (χ3n) is 2.23. The number of rotatable bonds is 4. The molecule has 0 radical (unpaired) electrons. The first-order valence-corrected chi connectivity index (χ1v) is 6.92. The van der Waals surface area contributed by atoms with E-state index in [-0.39, 0.29) is 0 Å². The average molecular weight is 282 g/mol. The van der Waals surface area contributed by atoms with Gasteiger partial charge in [-0.25, -0.2) is 4.98 Å². The molecule has 2 rings (SSSR count). The van der Waals surface area contributed by atoms with Crippen molar-refractivity contribution in [2.24, 2.45) is 0 Å². The molecule has 78 valence electrons. The average Bonchev–Trinajstić information content (AvgIpc) is 2.76. The number of hydrogen-bond acceptors (Lipinski definition) is 2. The number of nitrogens with zero attached hydrogens (tertiary/aromatic N) is 1. The Morgan fingerprint density at radius 2 is 1.93 bits per heavy atom. The Morgan fingerprint density at radius 1 is 1.13 bits per heavy atom. The van der Waals surface area contributed by atoms with Crippen LogP contribution in [-0.2, 0) is 18.2 Å². The number of hydrogen-bond donors (Lipinski definition) is 0. The summed E-state index contributed by atoms with van der Waals surface area (Å²) in [6.45, 7) is 0. The monoisotopic (exact) mass is 281 g/mol. The van der Waals surface area contributed by atoms with Crippen molar-refractivity contribution in [1.82, 2.24) is 4.98 Å². The molecule has 0 spiro atoms. The first-order valence-electron chi connectivity index (χ1n) is 4.91. The van der Waals surface area contributed by atoms with Gasteiger partial charge in [0.1, 0.15) is 5.01 Å². The molecule has 15 heavy (non-hydrogen) atoms. The van der Waals surface area contributed by atoms with Crippen LogP contribution in [-0.4, -0.2) is 4.98 Å². The smallest absolute Gasteiger partial charge is 0.103 e. The maximum atomic E-state index is 4.52. The highest BCUT2D eigenvalue weighted by molar-refractivity contribution is 9.08. The third-order valence-corrected chi connectivity index (χ3v) is 4.03. The van der Waals surface area contributed by atoms with Crippen molar-refractivity contribution in [3.05, 3.63) is 52.0 Å². The predicted octanol–water partition coefficient (Wildman–Crippen LogP) is 3.82. The fourth-order valence-corrected chi connectivity index (χ4v) is 2.64. The van der Waals surface area contributed by atoms with Gasteiger partial charge in [0.05, 0.1) is 11.0 Å². The number of thiazole rings is 1. The number of aromatic nitrogens is 1. The van der Waals surface area contributed by atoms with Crippen LogP contribution in [0.25, 0.3) is 0 Å². The molecule has 2 aromatic rings. The molecule has 0 aliphatic rings. The molecule has 0 aliphatic heterocycles. The van der Waals surface area contributed by atoms with Gasteiger partial charge in [-0.2, -0.15) is 0 Å². The molecule has 1 aromatic carbocycles. The lowest BCUT2D eigenvalue weighted by atomic mass is 10.1. The molecule has 1 nitrogen and oxygen atoms in total.